The first kappa shape index (κ1) is 12.9. The van der Waals surface area contributed by atoms with E-state index in [0.717, 1.165) is 23.1 Å². The van der Waals surface area contributed by atoms with Crippen molar-refractivity contribution in [2.75, 3.05) is 6.54 Å². The predicted molar refractivity (Wildman–Crippen MR) is 74.6 cm³/mol. The summed E-state index contributed by atoms with van der Waals surface area (Å²) in [4.78, 5) is 0. The summed E-state index contributed by atoms with van der Waals surface area (Å²) in [6, 6.07) is 4.34. The van der Waals surface area contributed by atoms with Crippen LogP contribution in [0.5, 0.6) is 5.75 Å². The van der Waals surface area contributed by atoms with Gasteiger partial charge in [0.1, 0.15) is 11.4 Å². The van der Waals surface area contributed by atoms with Crippen molar-refractivity contribution >= 4 is 15.9 Å². The van der Waals surface area contributed by atoms with E-state index in [1.54, 1.807) is 0 Å². The minimum absolute atomic E-state index is 0.0830. The molecule has 1 aliphatic heterocycles. The molecule has 0 fully saturated rings. The van der Waals surface area contributed by atoms with E-state index in [1.165, 1.54) is 11.1 Å². The van der Waals surface area contributed by atoms with Crippen LogP contribution in [0.4, 0.5) is 0 Å². The van der Waals surface area contributed by atoms with Gasteiger partial charge in [0.15, 0.2) is 0 Å². The highest BCUT2D eigenvalue weighted by Crippen LogP contribution is 2.42. The number of fused-ring (bicyclic) bond motifs is 1. The van der Waals surface area contributed by atoms with Gasteiger partial charge in [-0.2, -0.15) is 0 Å². The summed E-state index contributed by atoms with van der Waals surface area (Å²) in [6.07, 6.45) is 1.97. The van der Waals surface area contributed by atoms with E-state index < -0.39 is 0 Å². The smallest absolute Gasteiger partial charge is 0.127 e. The summed E-state index contributed by atoms with van der Waals surface area (Å²) >= 11 is 3.59. The van der Waals surface area contributed by atoms with E-state index in [0.29, 0.717) is 12.5 Å². The largest absolute Gasteiger partial charge is 0.487 e. The zero-order valence-corrected chi connectivity index (χ0v) is 12.3. The maximum Gasteiger partial charge on any atom is 0.127 e. The average Bonchev–Trinajstić information content (AvgIpc) is 2.51. The van der Waals surface area contributed by atoms with Gasteiger partial charge >= 0.3 is 0 Å². The third kappa shape index (κ3) is 2.66. The second-order valence-electron chi connectivity index (χ2n) is 5.50. The quantitative estimate of drug-likeness (QED) is 0.925. The van der Waals surface area contributed by atoms with Gasteiger partial charge in [-0.05, 0) is 56.0 Å². The van der Waals surface area contributed by atoms with E-state index >= 15 is 0 Å². The Morgan fingerprint density at radius 2 is 2.18 bits per heavy atom. The number of halogens is 1. The van der Waals surface area contributed by atoms with Crippen LogP contribution in [0.2, 0.25) is 0 Å². The Morgan fingerprint density at radius 3 is 2.82 bits per heavy atom. The summed E-state index contributed by atoms with van der Waals surface area (Å²) in [5, 5.41) is 0. The number of hydrogen-bond acceptors (Lipinski definition) is 2. The van der Waals surface area contributed by atoms with Crippen molar-refractivity contribution in [3.63, 3.8) is 0 Å². The molecule has 1 atom stereocenters. The third-order valence-electron chi connectivity index (χ3n) is 3.28. The number of benzene rings is 1. The average molecular weight is 298 g/mol. The molecule has 2 rings (SSSR count). The molecule has 1 heterocycles. The van der Waals surface area contributed by atoms with E-state index in [-0.39, 0.29) is 5.60 Å². The summed E-state index contributed by atoms with van der Waals surface area (Å²) < 4.78 is 7.22. The van der Waals surface area contributed by atoms with Crippen LogP contribution in [0.3, 0.4) is 0 Å². The Hall–Kier alpha value is -0.540. The van der Waals surface area contributed by atoms with Crippen molar-refractivity contribution in [3.8, 4) is 5.75 Å². The molecule has 0 saturated heterocycles. The third-order valence-corrected chi connectivity index (χ3v) is 3.74. The maximum absolute atomic E-state index is 6.09. The van der Waals surface area contributed by atoms with E-state index in [2.05, 4.69) is 48.8 Å². The van der Waals surface area contributed by atoms with Gasteiger partial charge in [-0.1, -0.05) is 22.9 Å². The molecule has 0 amide bonds. The molecule has 0 saturated carbocycles. The molecule has 0 aromatic heterocycles. The molecule has 3 heteroatoms. The van der Waals surface area contributed by atoms with Gasteiger partial charge < -0.3 is 10.5 Å². The van der Waals surface area contributed by atoms with Crippen molar-refractivity contribution in [2.45, 2.75) is 45.1 Å². The highest BCUT2D eigenvalue weighted by molar-refractivity contribution is 9.10. The SMILES string of the molecule is CC(CCN)c1cc(Br)cc2c1OC(C)(C)C2. The van der Waals surface area contributed by atoms with Crippen LogP contribution in [-0.4, -0.2) is 12.1 Å². The van der Waals surface area contributed by atoms with Crippen LogP contribution in [0.15, 0.2) is 16.6 Å². The van der Waals surface area contributed by atoms with E-state index in [4.69, 9.17) is 10.5 Å². The fraction of sp³-hybridized carbons (Fsp3) is 0.571. The summed E-state index contributed by atoms with van der Waals surface area (Å²) in [5.41, 5.74) is 8.16. The molecule has 1 unspecified atom stereocenters. The lowest BCUT2D eigenvalue weighted by Crippen LogP contribution is -2.25. The lowest BCUT2D eigenvalue weighted by molar-refractivity contribution is 0.136. The van der Waals surface area contributed by atoms with Crippen molar-refractivity contribution in [1.82, 2.24) is 0 Å². The number of ether oxygens (including phenoxy) is 1. The minimum Gasteiger partial charge on any atom is -0.487 e. The van der Waals surface area contributed by atoms with E-state index in [9.17, 15) is 0 Å². The molecule has 1 aliphatic rings. The van der Waals surface area contributed by atoms with Crippen LogP contribution in [0, 0.1) is 0 Å². The Morgan fingerprint density at radius 1 is 1.47 bits per heavy atom. The molecule has 1 aromatic carbocycles. The standard InChI is InChI=1S/C14H20BrNO/c1-9(4-5-16)12-7-11(15)6-10-8-14(2,3)17-13(10)12/h6-7,9H,4-5,8,16H2,1-3H3. The fourth-order valence-corrected chi connectivity index (χ4v) is 2.99. The molecule has 17 heavy (non-hydrogen) atoms. The number of nitrogens with two attached hydrogens (primary N) is 1. The molecule has 0 bridgehead atoms. The van der Waals surface area contributed by atoms with E-state index in [1.807, 2.05) is 0 Å². The molecule has 0 aliphatic carbocycles. The molecule has 0 radical (unpaired) electrons. The van der Waals surface area contributed by atoms with Crippen molar-refractivity contribution in [3.05, 3.63) is 27.7 Å². The van der Waals surface area contributed by atoms with Gasteiger partial charge in [0.25, 0.3) is 0 Å². The topological polar surface area (TPSA) is 35.2 Å². The van der Waals surface area contributed by atoms with Crippen molar-refractivity contribution in [1.29, 1.82) is 0 Å². The van der Waals surface area contributed by atoms with Crippen LogP contribution < -0.4 is 10.5 Å². The van der Waals surface area contributed by atoms with Crippen LogP contribution in [0.25, 0.3) is 0 Å². The first-order valence-corrected chi connectivity index (χ1v) is 6.93. The second kappa shape index (κ2) is 4.62. The van der Waals surface area contributed by atoms with Gasteiger partial charge in [0.05, 0.1) is 0 Å². The van der Waals surface area contributed by atoms with Gasteiger partial charge in [-0.3, -0.25) is 0 Å². The molecule has 1 aromatic rings. The molecule has 2 N–H and O–H groups in total. The number of hydrogen-bond donors (Lipinski definition) is 1. The fourth-order valence-electron chi connectivity index (χ4n) is 2.47. The molecule has 0 spiro atoms. The normalized spacial score (nSPS) is 18.6. The van der Waals surface area contributed by atoms with Crippen molar-refractivity contribution in [2.24, 2.45) is 5.73 Å². The van der Waals surface area contributed by atoms with Crippen LogP contribution in [-0.2, 0) is 6.42 Å². The Balaban J connectivity index is 2.41. The van der Waals surface area contributed by atoms with Crippen LogP contribution >= 0.6 is 15.9 Å². The molecule has 94 valence electrons. The second-order valence-corrected chi connectivity index (χ2v) is 6.42. The highest BCUT2D eigenvalue weighted by Gasteiger charge is 2.32. The summed E-state index contributed by atoms with van der Waals surface area (Å²) in [6.45, 7) is 7.20. The maximum atomic E-state index is 6.09. The monoisotopic (exact) mass is 297 g/mol. The van der Waals surface area contributed by atoms with Gasteiger partial charge in [-0.25, -0.2) is 0 Å². The first-order chi connectivity index (χ1) is 7.93. The predicted octanol–water partition coefficient (Wildman–Crippen LogP) is 3.61. The van der Waals surface area contributed by atoms with Gasteiger partial charge in [0, 0.05) is 10.9 Å². The molecular formula is C14H20BrNO. The lowest BCUT2D eigenvalue weighted by Gasteiger charge is -2.20. The first-order valence-electron chi connectivity index (χ1n) is 6.14. The van der Waals surface area contributed by atoms with Gasteiger partial charge in [-0.15, -0.1) is 0 Å². The number of rotatable bonds is 3. The molecular weight excluding hydrogens is 278 g/mol. The zero-order valence-electron chi connectivity index (χ0n) is 10.7. The lowest BCUT2D eigenvalue weighted by atomic mass is 9.93. The minimum atomic E-state index is -0.0830. The molecule has 2 nitrogen and oxygen atoms in total. The summed E-state index contributed by atoms with van der Waals surface area (Å²) in [7, 11) is 0. The Bertz CT molecular complexity index is 428. The zero-order chi connectivity index (χ0) is 12.6. The summed E-state index contributed by atoms with van der Waals surface area (Å²) in [5.74, 6) is 1.53. The Labute approximate surface area is 112 Å². The Kier molecular flexibility index (Phi) is 3.50. The van der Waals surface area contributed by atoms with Crippen molar-refractivity contribution < 1.29 is 4.74 Å². The van der Waals surface area contributed by atoms with Crippen LogP contribution in [0.1, 0.15) is 44.2 Å². The highest BCUT2D eigenvalue weighted by atomic mass is 79.9. The van der Waals surface area contributed by atoms with Gasteiger partial charge in [0.2, 0.25) is 0 Å².